The molecule has 2 aliphatic rings. The van der Waals surface area contributed by atoms with Gasteiger partial charge in [0, 0.05) is 12.5 Å². The second-order valence-corrected chi connectivity index (χ2v) is 4.92. The lowest BCUT2D eigenvalue weighted by Crippen LogP contribution is -2.40. The van der Waals surface area contributed by atoms with Crippen molar-refractivity contribution in [1.29, 1.82) is 0 Å². The Labute approximate surface area is 80.3 Å². The van der Waals surface area contributed by atoms with Crippen LogP contribution in [0.3, 0.4) is 0 Å². The van der Waals surface area contributed by atoms with Crippen LogP contribution < -0.4 is 0 Å². The van der Waals surface area contributed by atoms with Crippen LogP contribution in [0.25, 0.3) is 0 Å². The number of hydrogen-bond acceptors (Lipinski definition) is 2. The molecule has 0 spiro atoms. The zero-order valence-corrected chi connectivity index (χ0v) is 8.46. The molecule has 1 N–H and O–H groups in total. The Kier molecular flexibility index (Phi) is 2.61. The fraction of sp³-hybridized carbons (Fsp3) is 1.00. The fourth-order valence-electron chi connectivity index (χ4n) is 2.30. The molecule has 0 aromatic rings. The molecule has 2 fully saturated rings. The average molecular weight is 184 g/mol. The summed E-state index contributed by atoms with van der Waals surface area (Å²) in [7, 11) is 0. The summed E-state index contributed by atoms with van der Waals surface area (Å²) in [5.74, 6) is 1.18. The Morgan fingerprint density at radius 1 is 1.38 bits per heavy atom. The van der Waals surface area contributed by atoms with Gasteiger partial charge in [-0.1, -0.05) is 12.8 Å². The minimum absolute atomic E-state index is 0.377. The van der Waals surface area contributed by atoms with E-state index in [4.69, 9.17) is 4.74 Å². The second kappa shape index (κ2) is 3.58. The van der Waals surface area contributed by atoms with Gasteiger partial charge in [0.05, 0.1) is 12.2 Å². The van der Waals surface area contributed by atoms with Crippen LogP contribution in [-0.2, 0) is 4.74 Å². The van der Waals surface area contributed by atoms with Crippen molar-refractivity contribution in [3.63, 3.8) is 0 Å². The van der Waals surface area contributed by atoms with Gasteiger partial charge < -0.3 is 9.84 Å². The molecule has 13 heavy (non-hydrogen) atoms. The van der Waals surface area contributed by atoms with Crippen LogP contribution in [0.4, 0.5) is 0 Å². The molecule has 0 radical (unpaired) electrons. The van der Waals surface area contributed by atoms with Crippen LogP contribution in [0.1, 0.15) is 39.0 Å². The van der Waals surface area contributed by atoms with E-state index in [2.05, 4.69) is 0 Å². The Morgan fingerprint density at radius 2 is 2.15 bits per heavy atom. The maximum atomic E-state index is 10.3. The molecule has 1 saturated carbocycles. The highest BCUT2D eigenvalue weighted by Crippen LogP contribution is 2.40. The molecule has 1 aliphatic heterocycles. The van der Waals surface area contributed by atoms with Gasteiger partial charge in [0.2, 0.25) is 0 Å². The first kappa shape index (κ1) is 9.47. The van der Waals surface area contributed by atoms with Gasteiger partial charge in [0.1, 0.15) is 0 Å². The summed E-state index contributed by atoms with van der Waals surface area (Å²) in [4.78, 5) is 0. The zero-order chi connectivity index (χ0) is 9.31. The van der Waals surface area contributed by atoms with Crippen molar-refractivity contribution in [2.45, 2.75) is 44.6 Å². The van der Waals surface area contributed by atoms with E-state index in [9.17, 15) is 5.11 Å². The largest absolute Gasteiger partial charge is 0.390 e. The molecule has 2 unspecified atom stereocenters. The van der Waals surface area contributed by atoms with E-state index in [0.717, 1.165) is 38.4 Å². The standard InChI is InChI=1S/C11H20O2/c1-11(12,7-9-4-5-9)10-3-2-6-13-8-10/h9-10,12H,2-8H2,1H3. The third kappa shape index (κ3) is 2.44. The highest BCUT2D eigenvalue weighted by Gasteiger charge is 2.38. The van der Waals surface area contributed by atoms with Gasteiger partial charge in [0.15, 0.2) is 0 Å². The number of ether oxygens (including phenoxy) is 1. The third-order valence-electron chi connectivity index (χ3n) is 3.44. The smallest absolute Gasteiger partial charge is 0.0672 e. The van der Waals surface area contributed by atoms with Crippen molar-refractivity contribution < 1.29 is 9.84 Å². The van der Waals surface area contributed by atoms with Gasteiger partial charge >= 0.3 is 0 Å². The molecule has 2 rings (SSSR count). The average Bonchev–Trinajstić information content (AvgIpc) is 2.89. The van der Waals surface area contributed by atoms with E-state index in [1.807, 2.05) is 6.92 Å². The van der Waals surface area contributed by atoms with E-state index in [1.165, 1.54) is 12.8 Å². The summed E-state index contributed by atoms with van der Waals surface area (Å²) >= 11 is 0. The summed E-state index contributed by atoms with van der Waals surface area (Å²) in [5, 5.41) is 10.3. The maximum absolute atomic E-state index is 10.3. The van der Waals surface area contributed by atoms with Crippen molar-refractivity contribution in [3.05, 3.63) is 0 Å². The molecule has 2 atom stereocenters. The quantitative estimate of drug-likeness (QED) is 0.726. The van der Waals surface area contributed by atoms with Crippen molar-refractivity contribution in [3.8, 4) is 0 Å². The van der Waals surface area contributed by atoms with Crippen LogP contribution >= 0.6 is 0 Å². The van der Waals surface area contributed by atoms with Gasteiger partial charge in [-0.2, -0.15) is 0 Å². The van der Waals surface area contributed by atoms with Crippen molar-refractivity contribution in [2.24, 2.45) is 11.8 Å². The Balaban J connectivity index is 1.86. The summed E-state index contributed by atoms with van der Waals surface area (Å²) < 4.78 is 5.41. The van der Waals surface area contributed by atoms with Gasteiger partial charge in [-0.3, -0.25) is 0 Å². The predicted octanol–water partition coefficient (Wildman–Crippen LogP) is 1.96. The molecule has 1 heterocycles. The van der Waals surface area contributed by atoms with E-state index >= 15 is 0 Å². The Bertz CT molecular complexity index is 167. The molecule has 0 aromatic carbocycles. The van der Waals surface area contributed by atoms with Crippen LogP contribution in [-0.4, -0.2) is 23.9 Å². The second-order valence-electron chi connectivity index (χ2n) is 4.92. The van der Waals surface area contributed by atoms with Gasteiger partial charge in [-0.15, -0.1) is 0 Å². The van der Waals surface area contributed by atoms with Gasteiger partial charge in [-0.05, 0) is 32.1 Å². The van der Waals surface area contributed by atoms with E-state index < -0.39 is 5.60 Å². The zero-order valence-electron chi connectivity index (χ0n) is 8.46. The first-order valence-corrected chi connectivity index (χ1v) is 5.48. The van der Waals surface area contributed by atoms with Crippen LogP contribution in [0.15, 0.2) is 0 Å². The Morgan fingerprint density at radius 3 is 2.69 bits per heavy atom. The number of hydrogen-bond donors (Lipinski definition) is 1. The first-order valence-electron chi connectivity index (χ1n) is 5.48. The molecular weight excluding hydrogens is 164 g/mol. The summed E-state index contributed by atoms with van der Waals surface area (Å²) in [6.07, 6.45) is 5.89. The molecule has 2 nitrogen and oxygen atoms in total. The molecule has 1 saturated heterocycles. The lowest BCUT2D eigenvalue weighted by Gasteiger charge is -2.35. The van der Waals surface area contributed by atoms with E-state index in [-0.39, 0.29) is 0 Å². The topological polar surface area (TPSA) is 29.5 Å². The highest BCUT2D eigenvalue weighted by molar-refractivity contribution is 4.89. The maximum Gasteiger partial charge on any atom is 0.0672 e. The van der Waals surface area contributed by atoms with Crippen molar-refractivity contribution in [1.82, 2.24) is 0 Å². The minimum Gasteiger partial charge on any atom is -0.390 e. The van der Waals surface area contributed by atoms with Crippen LogP contribution in [0, 0.1) is 11.8 Å². The summed E-state index contributed by atoms with van der Waals surface area (Å²) in [6.45, 7) is 3.64. The Hall–Kier alpha value is -0.0800. The molecular formula is C11H20O2. The molecule has 2 heteroatoms. The van der Waals surface area contributed by atoms with Crippen LogP contribution in [0.5, 0.6) is 0 Å². The van der Waals surface area contributed by atoms with E-state index in [1.54, 1.807) is 0 Å². The number of rotatable bonds is 3. The van der Waals surface area contributed by atoms with E-state index in [0.29, 0.717) is 5.92 Å². The SMILES string of the molecule is CC(O)(CC1CC1)C1CCCOC1. The third-order valence-corrected chi connectivity index (χ3v) is 3.44. The first-order chi connectivity index (χ1) is 6.18. The van der Waals surface area contributed by atoms with Crippen LogP contribution in [0.2, 0.25) is 0 Å². The summed E-state index contributed by atoms with van der Waals surface area (Å²) in [6, 6.07) is 0. The highest BCUT2D eigenvalue weighted by atomic mass is 16.5. The number of aliphatic hydroxyl groups is 1. The lowest BCUT2D eigenvalue weighted by molar-refractivity contribution is -0.0749. The van der Waals surface area contributed by atoms with Crippen molar-refractivity contribution >= 4 is 0 Å². The van der Waals surface area contributed by atoms with Crippen molar-refractivity contribution in [2.75, 3.05) is 13.2 Å². The summed E-state index contributed by atoms with van der Waals surface area (Å²) in [5.41, 5.74) is -0.471. The lowest BCUT2D eigenvalue weighted by atomic mass is 9.81. The molecule has 76 valence electrons. The predicted molar refractivity (Wildman–Crippen MR) is 51.5 cm³/mol. The fourth-order valence-corrected chi connectivity index (χ4v) is 2.30. The molecule has 0 aromatic heterocycles. The van der Waals surface area contributed by atoms with Gasteiger partial charge in [-0.25, -0.2) is 0 Å². The molecule has 1 aliphatic carbocycles. The molecule has 0 bridgehead atoms. The monoisotopic (exact) mass is 184 g/mol. The van der Waals surface area contributed by atoms with Gasteiger partial charge in [0.25, 0.3) is 0 Å². The minimum atomic E-state index is -0.471. The molecule has 0 amide bonds. The normalized spacial score (nSPS) is 34.2.